The minimum Gasteiger partial charge on any atom is -0.493 e. The second-order valence-electron chi connectivity index (χ2n) is 11.2. The molecular weight excluding hydrogens is 532 g/mol. The van der Waals surface area contributed by atoms with Gasteiger partial charge in [-0.25, -0.2) is 0 Å². The summed E-state index contributed by atoms with van der Waals surface area (Å²) >= 11 is 0. The van der Waals surface area contributed by atoms with Crippen molar-refractivity contribution >= 4 is 43.8 Å². The summed E-state index contributed by atoms with van der Waals surface area (Å²) in [5, 5.41) is 7.42. The molecule has 0 spiro atoms. The van der Waals surface area contributed by atoms with Crippen molar-refractivity contribution in [3.63, 3.8) is 0 Å². The number of anilines is 1. The molecule has 216 valence electrons. The van der Waals surface area contributed by atoms with Gasteiger partial charge in [-0.05, 0) is 99.6 Å². The highest BCUT2D eigenvalue weighted by Crippen LogP contribution is 2.35. The first kappa shape index (κ1) is 28.2. The fraction of sp³-hybridized carbons (Fsp3) is 0.211. The van der Waals surface area contributed by atoms with Crippen molar-refractivity contribution < 1.29 is 14.3 Å². The Morgan fingerprint density at radius 1 is 0.814 bits per heavy atom. The first-order valence-corrected chi connectivity index (χ1v) is 14.8. The maximum Gasteiger partial charge on any atom is 0.161 e. The Hall–Kier alpha value is -4.90. The van der Waals surface area contributed by atoms with Gasteiger partial charge in [-0.2, -0.15) is 0 Å². The third kappa shape index (κ3) is 6.02. The first-order chi connectivity index (χ1) is 21.0. The van der Waals surface area contributed by atoms with Crippen LogP contribution in [-0.4, -0.2) is 25.0 Å². The molecule has 0 bridgehead atoms. The maximum absolute atomic E-state index is 12.9. The number of aryl methyl sites for hydroxylation is 2. The first-order valence-electron chi connectivity index (χ1n) is 14.8. The van der Waals surface area contributed by atoms with E-state index in [4.69, 9.17) is 15.2 Å². The molecule has 5 aromatic carbocycles. The number of rotatable bonds is 6. The van der Waals surface area contributed by atoms with Crippen molar-refractivity contribution in [2.24, 2.45) is 5.92 Å². The highest BCUT2D eigenvalue weighted by molar-refractivity contribution is 6.08. The summed E-state index contributed by atoms with van der Waals surface area (Å²) in [5.41, 5.74) is 10.5. The van der Waals surface area contributed by atoms with Crippen LogP contribution in [0.3, 0.4) is 0 Å². The number of hydrogen-bond acceptors (Lipinski definition) is 5. The van der Waals surface area contributed by atoms with Crippen LogP contribution < -0.4 is 15.2 Å². The average molecular weight is 569 g/mol. The predicted molar refractivity (Wildman–Crippen MR) is 176 cm³/mol. The van der Waals surface area contributed by atoms with Gasteiger partial charge in [0.05, 0.1) is 14.2 Å². The molecule has 5 nitrogen and oxygen atoms in total. The number of benzene rings is 5. The minimum atomic E-state index is 0.147. The molecule has 0 amide bonds. The molecule has 0 saturated carbocycles. The van der Waals surface area contributed by atoms with Gasteiger partial charge in [0.15, 0.2) is 11.5 Å². The second-order valence-corrected chi connectivity index (χ2v) is 11.2. The number of nitrogens with two attached hydrogens (primary N) is 1. The summed E-state index contributed by atoms with van der Waals surface area (Å²) in [5.74, 6) is 2.01. The summed E-state index contributed by atoms with van der Waals surface area (Å²) in [6, 6.07) is 31.2. The Kier molecular flexibility index (Phi) is 8.23. The van der Waals surface area contributed by atoms with Crippen LogP contribution in [0, 0.1) is 5.92 Å². The normalized spacial score (nSPS) is 14.1. The van der Waals surface area contributed by atoms with Crippen molar-refractivity contribution in [1.82, 2.24) is 4.98 Å². The number of methoxy groups -OCH3 is 2. The highest BCUT2D eigenvalue weighted by atomic mass is 16.5. The van der Waals surface area contributed by atoms with Crippen molar-refractivity contribution in [1.29, 1.82) is 0 Å². The summed E-state index contributed by atoms with van der Waals surface area (Å²) in [4.78, 5) is 16.9. The number of pyridine rings is 1. The molecule has 1 aromatic heterocycles. The summed E-state index contributed by atoms with van der Waals surface area (Å²) < 4.78 is 10.4. The van der Waals surface area contributed by atoms with E-state index in [2.05, 4.69) is 53.5 Å². The number of nitrogen functional groups attached to an aromatic ring is 1. The van der Waals surface area contributed by atoms with Gasteiger partial charge in [0.1, 0.15) is 5.78 Å². The molecule has 1 atom stereocenters. The minimum absolute atomic E-state index is 0.147. The Balaban J connectivity index is 0.000000197. The van der Waals surface area contributed by atoms with Crippen LogP contribution in [-0.2, 0) is 24.1 Å². The number of hydrogen-bond donors (Lipinski definition) is 1. The Morgan fingerprint density at radius 3 is 2.35 bits per heavy atom. The number of aromatic nitrogens is 1. The van der Waals surface area contributed by atoms with E-state index in [0.717, 1.165) is 53.6 Å². The molecule has 1 heterocycles. The SMILES string of the molecule is COc1cc2ccncc2cc1OC.Nc1ccc(CCC(=O)C2CCc3c(ccc4c3ccc3ccccc34)C2)cc1. The van der Waals surface area contributed by atoms with Crippen molar-refractivity contribution in [3.05, 3.63) is 120 Å². The Labute approximate surface area is 252 Å². The van der Waals surface area contributed by atoms with E-state index in [1.165, 1.54) is 38.2 Å². The molecule has 7 rings (SSSR count). The Morgan fingerprint density at radius 2 is 1.56 bits per heavy atom. The molecule has 1 aliphatic rings. The van der Waals surface area contributed by atoms with Crippen molar-refractivity contribution in [2.75, 3.05) is 20.0 Å². The van der Waals surface area contributed by atoms with Gasteiger partial charge >= 0.3 is 0 Å². The van der Waals surface area contributed by atoms with Crippen LogP contribution >= 0.6 is 0 Å². The lowest BCUT2D eigenvalue weighted by molar-refractivity contribution is -0.123. The average Bonchev–Trinajstić information content (AvgIpc) is 3.06. The van der Waals surface area contributed by atoms with Gasteiger partial charge in [-0.3, -0.25) is 9.78 Å². The third-order valence-corrected chi connectivity index (χ3v) is 8.58. The zero-order valence-corrected chi connectivity index (χ0v) is 24.7. The number of carbonyl (C=O) groups excluding carboxylic acids is 1. The molecule has 6 aromatic rings. The van der Waals surface area contributed by atoms with Gasteiger partial charge in [0.25, 0.3) is 0 Å². The second kappa shape index (κ2) is 12.5. The quantitative estimate of drug-likeness (QED) is 0.162. The number of ketones is 1. The van der Waals surface area contributed by atoms with Gasteiger partial charge in [0, 0.05) is 35.8 Å². The monoisotopic (exact) mass is 568 g/mol. The molecule has 5 heteroatoms. The van der Waals surface area contributed by atoms with Crippen LogP contribution in [0.5, 0.6) is 11.5 Å². The van der Waals surface area contributed by atoms with E-state index >= 15 is 0 Å². The fourth-order valence-electron chi connectivity index (χ4n) is 6.21. The third-order valence-electron chi connectivity index (χ3n) is 8.58. The van der Waals surface area contributed by atoms with Gasteiger partial charge in [-0.15, -0.1) is 0 Å². The van der Waals surface area contributed by atoms with E-state index in [9.17, 15) is 4.79 Å². The van der Waals surface area contributed by atoms with Crippen molar-refractivity contribution in [3.8, 4) is 11.5 Å². The lowest BCUT2D eigenvalue weighted by Gasteiger charge is -2.25. The molecule has 0 radical (unpaired) electrons. The maximum atomic E-state index is 12.9. The summed E-state index contributed by atoms with van der Waals surface area (Å²) in [6.07, 6.45) is 7.79. The lowest BCUT2D eigenvalue weighted by Crippen LogP contribution is -2.23. The molecule has 0 saturated heterocycles. The predicted octanol–water partition coefficient (Wildman–Crippen LogP) is 8.13. The van der Waals surface area contributed by atoms with E-state index in [-0.39, 0.29) is 5.92 Å². The van der Waals surface area contributed by atoms with Crippen LogP contribution in [0.1, 0.15) is 29.5 Å². The number of ether oxygens (including phenoxy) is 2. The zero-order valence-electron chi connectivity index (χ0n) is 24.7. The van der Waals surface area contributed by atoms with E-state index in [1.54, 1.807) is 26.6 Å². The van der Waals surface area contributed by atoms with Crippen LogP contribution in [0.25, 0.3) is 32.3 Å². The largest absolute Gasteiger partial charge is 0.493 e. The molecule has 43 heavy (non-hydrogen) atoms. The van der Waals surface area contributed by atoms with Crippen LogP contribution in [0.15, 0.2) is 103 Å². The number of Topliss-reactive ketones (excluding diaryl/α,β-unsaturated/α-hetero) is 1. The number of nitrogens with zero attached hydrogens (tertiary/aromatic N) is 1. The van der Waals surface area contributed by atoms with Gasteiger partial charge in [-0.1, -0.05) is 60.7 Å². The zero-order chi connectivity index (χ0) is 29.8. The molecule has 2 N–H and O–H groups in total. The van der Waals surface area contributed by atoms with Crippen LogP contribution in [0.4, 0.5) is 5.69 Å². The topological polar surface area (TPSA) is 74.4 Å². The van der Waals surface area contributed by atoms with Gasteiger partial charge in [0.2, 0.25) is 0 Å². The molecule has 0 aliphatic heterocycles. The number of carbonyl (C=O) groups is 1. The molecule has 1 unspecified atom stereocenters. The molecular formula is C38H36N2O3. The van der Waals surface area contributed by atoms with E-state index in [0.29, 0.717) is 12.2 Å². The fourth-order valence-corrected chi connectivity index (χ4v) is 6.21. The summed E-state index contributed by atoms with van der Waals surface area (Å²) in [6.45, 7) is 0. The molecule has 1 aliphatic carbocycles. The van der Waals surface area contributed by atoms with E-state index in [1.807, 2.05) is 42.5 Å². The van der Waals surface area contributed by atoms with Crippen molar-refractivity contribution in [2.45, 2.75) is 32.1 Å². The van der Waals surface area contributed by atoms with Crippen LogP contribution in [0.2, 0.25) is 0 Å². The lowest BCUT2D eigenvalue weighted by atomic mass is 9.78. The standard InChI is InChI=1S/C27H25NO.C11H11NO2/c28-22-11-5-18(6-12-22)7-16-27(29)21-10-13-24-20(17-21)9-15-25-23-4-2-1-3-19(23)8-14-26(24)25;1-13-10-5-8-3-4-12-7-9(8)6-11(10)14-2/h1-6,8-9,11-12,14-15,21H,7,10,13,16-17,28H2;3-7H,1-2H3. The Bertz CT molecular complexity index is 1870. The van der Waals surface area contributed by atoms with E-state index < -0.39 is 0 Å². The van der Waals surface area contributed by atoms with Gasteiger partial charge < -0.3 is 15.2 Å². The summed E-state index contributed by atoms with van der Waals surface area (Å²) in [7, 11) is 3.25. The molecule has 0 fully saturated rings. The highest BCUT2D eigenvalue weighted by Gasteiger charge is 2.25. The number of fused-ring (bicyclic) bond motifs is 6. The smallest absolute Gasteiger partial charge is 0.161 e.